The Kier molecular flexibility index (Phi) is 6.72. The average Bonchev–Trinajstić information content (AvgIpc) is 2.80. The van der Waals surface area contributed by atoms with Crippen LogP contribution in [0.4, 0.5) is 29.3 Å². The molecule has 3 aromatic carbocycles. The first kappa shape index (κ1) is 23.2. The van der Waals surface area contributed by atoms with Gasteiger partial charge in [-0.25, -0.2) is 4.79 Å². The van der Waals surface area contributed by atoms with E-state index in [0.29, 0.717) is 42.0 Å². The molecule has 0 aromatic heterocycles. The van der Waals surface area contributed by atoms with E-state index in [9.17, 15) is 22.8 Å². The lowest BCUT2D eigenvalue weighted by Gasteiger charge is -2.36. The van der Waals surface area contributed by atoms with Crippen molar-refractivity contribution in [3.8, 4) is 5.75 Å². The lowest BCUT2D eigenvalue weighted by atomic mass is 10.1. The predicted molar refractivity (Wildman–Crippen MR) is 122 cm³/mol. The van der Waals surface area contributed by atoms with Crippen LogP contribution in [-0.4, -0.2) is 36.3 Å². The lowest BCUT2D eigenvalue weighted by Crippen LogP contribution is -2.49. The van der Waals surface area contributed by atoms with Crippen LogP contribution in [0.15, 0.2) is 78.9 Å². The van der Waals surface area contributed by atoms with Gasteiger partial charge in [0, 0.05) is 36.6 Å². The Morgan fingerprint density at radius 2 is 1.71 bits per heavy atom. The van der Waals surface area contributed by atoms with Gasteiger partial charge in [-0.15, -0.1) is 13.2 Å². The van der Waals surface area contributed by atoms with Crippen molar-refractivity contribution < 1.29 is 27.5 Å². The summed E-state index contributed by atoms with van der Waals surface area (Å²) >= 11 is 0. The summed E-state index contributed by atoms with van der Waals surface area (Å²) < 4.78 is 41.5. The van der Waals surface area contributed by atoms with Crippen LogP contribution in [0.1, 0.15) is 22.3 Å². The summed E-state index contributed by atoms with van der Waals surface area (Å²) in [6, 6.07) is 21.1. The number of rotatable bonds is 6. The average molecular weight is 469 g/mol. The highest BCUT2D eigenvalue weighted by atomic mass is 19.4. The van der Waals surface area contributed by atoms with Crippen LogP contribution in [0.25, 0.3) is 0 Å². The Labute approximate surface area is 194 Å². The molecule has 1 heterocycles. The van der Waals surface area contributed by atoms with Gasteiger partial charge in [-0.1, -0.05) is 36.4 Å². The van der Waals surface area contributed by atoms with Gasteiger partial charge in [-0.3, -0.25) is 9.69 Å². The molecule has 34 heavy (non-hydrogen) atoms. The molecule has 176 valence electrons. The van der Waals surface area contributed by atoms with Gasteiger partial charge in [0.25, 0.3) is 5.91 Å². The Morgan fingerprint density at radius 3 is 2.47 bits per heavy atom. The smallest absolute Gasteiger partial charge is 0.406 e. The van der Waals surface area contributed by atoms with Crippen LogP contribution in [0, 0.1) is 0 Å². The van der Waals surface area contributed by atoms with Crippen LogP contribution in [0.2, 0.25) is 0 Å². The summed E-state index contributed by atoms with van der Waals surface area (Å²) in [6.45, 7) is 1.11. The number of amides is 3. The normalized spacial score (nSPS) is 14.1. The van der Waals surface area contributed by atoms with Crippen molar-refractivity contribution in [1.29, 1.82) is 0 Å². The number of hydrogen-bond donors (Lipinski definition) is 1. The zero-order valence-electron chi connectivity index (χ0n) is 18.1. The number of alkyl halides is 3. The first-order valence-corrected chi connectivity index (χ1v) is 10.7. The fourth-order valence-corrected chi connectivity index (χ4v) is 3.77. The zero-order chi connectivity index (χ0) is 24.1. The third kappa shape index (κ3) is 5.86. The second-order valence-corrected chi connectivity index (χ2v) is 7.78. The van der Waals surface area contributed by atoms with Crippen molar-refractivity contribution in [3.63, 3.8) is 0 Å². The van der Waals surface area contributed by atoms with E-state index in [-0.39, 0.29) is 24.2 Å². The van der Waals surface area contributed by atoms with Crippen LogP contribution >= 0.6 is 0 Å². The highest BCUT2D eigenvalue weighted by molar-refractivity contribution is 6.04. The van der Waals surface area contributed by atoms with Crippen molar-refractivity contribution in [2.24, 2.45) is 0 Å². The van der Waals surface area contributed by atoms with E-state index >= 15 is 0 Å². The van der Waals surface area contributed by atoms with E-state index < -0.39 is 6.36 Å². The molecule has 3 aromatic rings. The number of benzene rings is 3. The first-order valence-electron chi connectivity index (χ1n) is 10.7. The molecule has 4 rings (SSSR count). The third-order valence-electron chi connectivity index (χ3n) is 5.27. The fourth-order valence-electron chi connectivity index (χ4n) is 3.77. The first-order chi connectivity index (χ1) is 16.3. The van der Waals surface area contributed by atoms with Crippen molar-refractivity contribution in [2.45, 2.75) is 19.3 Å². The molecular formula is C25H22F3N3O3. The second kappa shape index (κ2) is 9.86. The number of nitrogens with one attached hydrogen (secondary N) is 1. The van der Waals surface area contributed by atoms with Gasteiger partial charge in [0.05, 0.1) is 0 Å². The molecule has 0 bridgehead atoms. The Balaban J connectivity index is 1.46. The van der Waals surface area contributed by atoms with E-state index in [4.69, 9.17) is 0 Å². The number of anilines is 2. The van der Waals surface area contributed by atoms with Crippen LogP contribution in [-0.2, 0) is 6.54 Å². The van der Waals surface area contributed by atoms with Crippen molar-refractivity contribution in [3.05, 3.63) is 90.0 Å². The molecule has 0 saturated carbocycles. The topological polar surface area (TPSA) is 61.9 Å². The predicted octanol–water partition coefficient (Wildman–Crippen LogP) is 5.67. The number of halogens is 3. The maximum absolute atomic E-state index is 13.2. The largest absolute Gasteiger partial charge is 0.573 e. The highest BCUT2D eigenvalue weighted by Crippen LogP contribution is 2.27. The van der Waals surface area contributed by atoms with E-state index in [0.717, 1.165) is 0 Å². The van der Waals surface area contributed by atoms with Gasteiger partial charge >= 0.3 is 12.4 Å². The summed E-state index contributed by atoms with van der Waals surface area (Å²) in [6.07, 6.45) is -4.09. The number of ether oxygens (including phenoxy) is 1. The molecule has 1 aliphatic rings. The SMILES string of the molecule is O=C(Nc1cccc(N2CCCN(Cc3cccc(OC(F)(F)F)c3)C2=O)c1)c1ccccc1. The molecular weight excluding hydrogens is 447 g/mol. The van der Waals surface area contributed by atoms with Crippen LogP contribution in [0.5, 0.6) is 5.75 Å². The summed E-state index contributed by atoms with van der Waals surface area (Å²) in [5, 5.41) is 2.83. The summed E-state index contributed by atoms with van der Waals surface area (Å²) in [5.74, 6) is -0.585. The van der Waals surface area contributed by atoms with Gasteiger partial charge in [0.2, 0.25) is 0 Å². The van der Waals surface area contributed by atoms with Gasteiger partial charge in [0.1, 0.15) is 5.75 Å². The molecule has 3 amide bonds. The zero-order valence-corrected chi connectivity index (χ0v) is 18.1. The molecule has 1 N–H and O–H groups in total. The molecule has 0 aliphatic carbocycles. The molecule has 1 aliphatic heterocycles. The number of urea groups is 1. The molecule has 9 heteroatoms. The minimum atomic E-state index is -4.78. The van der Waals surface area contributed by atoms with E-state index in [1.807, 2.05) is 6.07 Å². The standard InChI is InChI=1S/C25H22F3N3O3/c26-25(27,28)34-22-12-4-7-18(15-22)17-30-13-6-14-31(24(30)33)21-11-5-10-20(16-21)29-23(32)19-8-2-1-3-9-19/h1-5,7-12,15-16H,6,13-14,17H2,(H,29,32). The number of carbonyl (C=O) groups is 2. The van der Waals surface area contributed by atoms with Crippen LogP contribution < -0.4 is 15.0 Å². The molecule has 0 radical (unpaired) electrons. The molecule has 0 unspecified atom stereocenters. The maximum Gasteiger partial charge on any atom is 0.573 e. The number of carbonyl (C=O) groups excluding carboxylic acids is 2. The third-order valence-corrected chi connectivity index (χ3v) is 5.27. The summed E-state index contributed by atoms with van der Waals surface area (Å²) in [5.41, 5.74) is 2.22. The molecule has 1 fully saturated rings. The van der Waals surface area contributed by atoms with Crippen molar-refractivity contribution >= 4 is 23.3 Å². The summed E-state index contributed by atoms with van der Waals surface area (Å²) in [4.78, 5) is 28.8. The van der Waals surface area contributed by atoms with Gasteiger partial charge in [0.15, 0.2) is 0 Å². The summed E-state index contributed by atoms with van der Waals surface area (Å²) in [7, 11) is 0. The van der Waals surface area contributed by atoms with Crippen molar-refractivity contribution in [2.75, 3.05) is 23.3 Å². The monoisotopic (exact) mass is 469 g/mol. The van der Waals surface area contributed by atoms with Crippen LogP contribution in [0.3, 0.4) is 0 Å². The molecule has 1 saturated heterocycles. The Hall–Kier alpha value is -4.01. The Morgan fingerprint density at radius 1 is 0.941 bits per heavy atom. The quantitative estimate of drug-likeness (QED) is 0.506. The lowest BCUT2D eigenvalue weighted by molar-refractivity contribution is -0.274. The van der Waals surface area contributed by atoms with Gasteiger partial charge in [-0.2, -0.15) is 0 Å². The minimum absolute atomic E-state index is 0.148. The van der Waals surface area contributed by atoms with Crippen molar-refractivity contribution in [1.82, 2.24) is 4.90 Å². The maximum atomic E-state index is 13.2. The minimum Gasteiger partial charge on any atom is -0.406 e. The van der Waals surface area contributed by atoms with E-state index in [1.54, 1.807) is 64.4 Å². The Bertz CT molecular complexity index is 1170. The molecule has 6 nitrogen and oxygen atoms in total. The van der Waals surface area contributed by atoms with E-state index in [2.05, 4.69) is 10.1 Å². The second-order valence-electron chi connectivity index (χ2n) is 7.78. The van der Waals surface area contributed by atoms with Gasteiger partial charge < -0.3 is 15.0 Å². The molecule has 0 atom stereocenters. The van der Waals surface area contributed by atoms with Gasteiger partial charge in [-0.05, 0) is 54.4 Å². The molecule has 0 spiro atoms. The fraction of sp³-hybridized carbons (Fsp3) is 0.200. The highest BCUT2D eigenvalue weighted by Gasteiger charge is 2.31. The number of hydrogen-bond acceptors (Lipinski definition) is 3. The number of nitrogens with zero attached hydrogens (tertiary/aromatic N) is 2. The van der Waals surface area contributed by atoms with E-state index in [1.165, 1.54) is 18.2 Å².